The van der Waals surface area contributed by atoms with Crippen LogP contribution in [0.4, 0.5) is 30.5 Å². The maximum Gasteiger partial charge on any atom is 0.416 e. The van der Waals surface area contributed by atoms with Gasteiger partial charge in [-0.05, 0) is 43.2 Å². The van der Waals surface area contributed by atoms with Gasteiger partial charge in [-0.25, -0.2) is 9.97 Å². The van der Waals surface area contributed by atoms with Crippen LogP contribution in [0.2, 0.25) is 0 Å². The topological polar surface area (TPSA) is 83.5 Å². The standard InChI is InChI=1S/C18H20F3N3.C6H7N3O2/c1-23-10-3-4-11-24(2)17-16(23)9-8-15(22-17)13-6-5-7-14(12-13)18(19,20)21;1-11-6-7-3-2-5(9-6)8-4-10/h5-9,12H,3-4,10-11H2,1-2H3;2-4H,1H3,(H,7,8,9,10). The van der Waals surface area contributed by atoms with Gasteiger partial charge in [-0.3, -0.25) is 4.79 Å². The van der Waals surface area contributed by atoms with Crippen molar-refractivity contribution in [3.05, 3.63) is 54.2 Å². The van der Waals surface area contributed by atoms with Crippen LogP contribution in [0, 0.1) is 0 Å². The van der Waals surface area contributed by atoms with E-state index in [0.717, 1.165) is 49.6 Å². The first-order valence-corrected chi connectivity index (χ1v) is 10.9. The summed E-state index contributed by atoms with van der Waals surface area (Å²) in [5, 5.41) is 2.37. The first-order valence-electron chi connectivity index (χ1n) is 10.9. The van der Waals surface area contributed by atoms with Crippen LogP contribution in [0.5, 0.6) is 6.01 Å². The van der Waals surface area contributed by atoms with Crippen molar-refractivity contribution in [1.29, 1.82) is 0 Å². The van der Waals surface area contributed by atoms with Gasteiger partial charge in [0.25, 0.3) is 0 Å². The second kappa shape index (κ2) is 11.5. The van der Waals surface area contributed by atoms with Crippen molar-refractivity contribution in [2.45, 2.75) is 19.0 Å². The van der Waals surface area contributed by atoms with Crippen LogP contribution in [0.25, 0.3) is 11.3 Å². The average Bonchev–Trinajstić information content (AvgIpc) is 2.85. The Labute approximate surface area is 201 Å². The van der Waals surface area contributed by atoms with Crippen molar-refractivity contribution in [2.24, 2.45) is 0 Å². The van der Waals surface area contributed by atoms with Crippen molar-refractivity contribution < 1.29 is 22.7 Å². The Hall–Kier alpha value is -3.89. The molecule has 3 heterocycles. The molecule has 1 aromatic carbocycles. The minimum Gasteiger partial charge on any atom is -0.467 e. The number of pyridine rings is 1. The van der Waals surface area contributed by atoms with Crippen LogP contribution in [-0.4, -0.2) is 55.7 Å². The molecule has 1 aliphatic heterocycles. The fourth-order valence-corrected chi connectivity index (χ4v) is 3.54. The summed E-state index contributed by atoms with van der Waals surface area (Å²) in [5.74, 6) is 1.24. The van der Waals surface area contributed by atoms with E-state index in [4.69, 9.17) is 4.74 Å². The number of rotatable bonds is 4. The highest BCUT2D eigenvalue weighted by atomic mass is 19.4. The first-order chi connectivity index (χ1) is 16.7. The molecule has 0 radical (unpaired) electrons. The number of ether oxygens (including phenoxy) is 1. The third-order valence-corrected chi connectivity index (χ3v) is 5.37. The zero-order valence-corrected chi connectivity index (χ0v) is 19.7. The monoisotopic (exact) mass is 488 g/mol. The smallest absolute Gasteiger partial charge is 0.416 e. The van der Waals surface area contributed by atoms with Crippen LogP contribution < -0.4 is 19.9 Å². The van der Waals surface area contributed by atoms with Gasteiger partial charge in [0.15, 0.2) is 5.82 Å². The highest BCUT2D eigenvalue weighted by molar-refractivity contribution is 5.73. The number of fused-ring (bicyclic) bond motifs is 1. The maximum atomic E-state index is 12.9. The Kier molecular flexibility index (Phi) is 8.45. The first kappa shape index (κ1) is 25.7. The molecule has 0 unspecified atom stereocenters. The molecule has 0 bridgehead atoms. The zero-order chi connectivity index (χ0) is 25.4. The second-order valence-electron chi connectivity index (χ2n) is 7.86. The SMILES string of the molecule is CN1CCCCN(C)c2nc(-c3cccc(C(F)(F)F)c3)ccc21.COc1nccc(NC=O)n1. The summed E-state index contributed by atoms with van der Waals surface area (Å²) in [4.78, 5) is 26.4. The van der Waals surface area contributed by atoms with Crippen LogP contribution in [0.15, 0.2) is 48.7 Å². The van der Waals surface area contributed by atoms with Gasteiger partial charge in [-0.15, -0.1) is 0 Å². The molecule has 0 saturated heterocycles. The summed E-state index contributed by atoms with van der Waals surface area (Å²) in [6, 6.07) is 10.9. The molecule has 3 aromatic rings. The molecule has 0 fully saturated rings. The lowest BCUT2D eigenvalue weighted by atomic mass is 10.1. The lowest BCUT2D eigenvalue weighted by Gasteiger charge is -2.30. The molecule has 1 aliphatic rings. The molecule has 8 nitrogen and oxygen atoms in total. The van der Waals surface area contributed by atoms with Crippen molar-refractivity contribution in [3.63, 3.8) is 0 Å². The van der Waals surface area contributed by atoms with Gasteiger partial charge in [0.1, 0.15) is 5.82 Å². The van der Waals surface area contributed by atoms with Gasteiger partial charge in [0.05, 0.1) is 24.1 Å². The third-order valence-electron chi connectivity index (χ3n) is 5.37. The number of anilines is 3. The zero-order valence-electron chi connectivity index (χ0n) is 19.7. The number of hydrogen-bond donors (Lipinski definition) is 1. The minimum atomic E-state index is -4.35. The maximum absolute atomic E-state index is 12.9. The van der Waals surface area contributed by atoms with E-state index < -0.39 is 11.7 Å². The third kappa shape index (κ3) is 6.81. The minimum absolute atomic E-state index is 0.233. The summed E-state index contributed by atoms with van der Waals surface area (Å²) in [7, 11) is 5.45. The van der Waals surface area contributed by atoms with Gasteiger partial charge in [-0.2, -0.15) is 18.2 Å². The second-order valence-corrected chi connectivity index (χ2v) is 7.86. The summed E-state index contributed by atoms with van der Waals surface area (Å²) >= 11 is 0. The number of benzene rings is 1. The van der Waals surface area contributed by atoms with Gasteiger partial charge in [0.2, 0.25) is 6.41 Å². The largest absolute Gasteiger partial charge is 0.467 e. The summed E-state index contributed by atoms with van der Waals surface area (Å²) in [6.07, 6.45) is -0.137. The van der Waals surface area contributed by atoms with E-state index >= 15 is 0 Å². The Morgan fingerprint density at radius 3 is 2.46 bits per heavy atom. The van der Waals surface area contributed by atoms with E-state index in [-0.39, 0.29) is 6.01 Å². The molecular weight excluding hydrogens is 461 g/mol. The van der Waals surface area contributed by atoms with Crippen LogP contribution in [0.3, 0.4) is 0 Å². The van der Waals surface area contributed by atoms with Crippen molar-refractivity contribution in [3.8, 4) is 17.3 Å². The molecule has 4 rings (SSSR count). The van der Waals surface area contributed by atoms with Gasteiger partial charge in [0, 0.05) is 38.9 Å². The lowest BCUT2D eigenvalue weighted by molar-refractivity contribution is -0.137. The number of nitrogens with one attached hydrogen (secondary N) is 1. The number of aromatic nitrogens is 3. The molecule has 2 aromatic heterocycles. The van der Waals surface area contributed by atoms with Gasteiger partial charge >= 0.3 is 12.2 Å². The van der Waals surface area contributed by atoms with Gasteiger partial charge in [-0.1, -0.05) is 12.1 Å². The number of carbonyl (C=O) groups excluding carboxylic acids is 1. The average molecular weight is 489 g/mol. The van der Waals surface area contributed by atoms with Gasteiger partial charge < -0.3 is 19.9 Å². The molecule has 1 amide bonds. The Bertz CT molecular complexity index is 1140. The molecule has 186 valence electrons. The highest BCUT2D eigenvalue weighted by Gasteiger charge is 2.30. The highest BCUT2D eigenvalue weighted by Crippen LogP contribution is 2.34. The molecule has 35 heavy (non-hydrogen) atoms. The molecule has 0 spiro atoms. The van der Waals surface area contributed by atoms with E-state index in [0.29, 0.717) is 23.5 Å². The molecule has 0 saturated carbocycles. The lowest BCUT2D eigenvalue weighted by Crippen LogP contribution is -2.29. The summed E-state index contributed by atoms with van der Waals surface area (Å²) in [5.41, 5.74) is 1.39. The number of nitrogens with zero attached hydrogens (tertiary/aromatic N) is 5. The molecule has 11 heteroatoms. The predicted molar refractivity (Wildman–Crippen MR) is 129 cm³/mol. The Morgan fingerprint density at radius 1 is 1.03 bits per heavy atom. The van der Waals surface area contributed by atoms with E-state index in [1.807, 2.05) is 20.2 Å². The summed E-state index contributed by atoms with van der Waals surface area (Å²) < 4.78 is 43.5. The molecule has 0 atom stereocenters. The summed E-state index contributed by atoms with van der Waals surface area (Å²) in [6.45, 7) is 1.84. The number of methoxy groups -OCH3 is 1. The van der Waals surface area contributed by atoms with Crippen molar-refractivity contribution in [1.82, 2.24) is 15.0 Å². The fourth-order valence-electron chi connectivity index (χ4n) is 3.54. The number of amides is 1. The fraction of sp³-hybridized carbons (Fsp3) is 0.333. The predicted octanol–water partition coefficient (Wildman–Crippen LogP) is 4.49. The number of alkyl halides is 3. The van der Waals surface area contributed by atoms with Crippen LogP contribution in [-0.2, 0) is 11.0 Å². The van der Waals surface area contributed by atoms with E-state index in [2.05, 4.69) is 30.1 Å². The van der Waals surface area contributed by atoms with Crippen LogP contribution >= 0.6 is 0 Å². The number of halogens is 3. The van der Waals surface area contributed by atoms with E-state index in [1.165, 1.54) is 19.4 Å². The van der Waals surface area contributed by atoms with E-state index in [9.17, 15) is 18.0 Å². The number of hydrogen-bond acceptors (Lipinski definition) is 7. The quantitative estimate of drug-likeness (QED) is 0.542. The molecule has 0 aliphatic carbocycles. The molecule has 1 N–H and O–H groups in total. The number of carbonyl (C=O) groups is 1. The van der Waals surface area contributed by atoms with Crippen LogP contribution in [0.1, 0.15) is 18.4 Å². The Morgan fingerprint density at radius 2 is 1.77 bits per heavy atom. The Balaban J connectivity index is 0.000000261. The van der Waals surface area contributed by atoms with Crippen molar-refractivity contribution >= 4 is 23.7 Å². The normalized spacial score (nSPS) is 13.5. The molecular formula is C24H27F3N6O2. The van der Waals surface area contributed by atoms with E-state index in [1.54, 1.807) is 18.2 Å². The van der Waals surface area contributed by atoms with Crippen molar-refractivity contribution in [2.75, 3.05) is 49.4 Å².